The molecule has 2 aromatic rings. The topological polar surface area (TPSA) is 131 Å². The summed E-state index contributed by atoms with van der Waals surface area (Å²) in [7, 11) is 1.22. The molecule has 1 fully saturated rings. The lowest BCUT2D eigenvalue weighted by Crippen LogP contribution is -2.42. The molecule has 0 aliphatic carbocycles. The second-order valence-corrected chi connectivity index (χ2v) is 6.62. The molecule has 3 rings (SSSR count). The maximum absolute atomic E-state index is 12.4. The van der Waals surface area contributed by atoms with Gasteiger partial charge in [-0.05, 0) is 19.4 Å². The largest absolute Gasteiger partial charge is 0.465 e. The molecule has 0 spiro atoms. The number of hydrogen-bond donors (Lipinski definition) is 2. The van der Waals surface area contributed by atoms with E-state index in [2.05, 4.69) is 20.3 Å². The van der Waals surface area contributed by atoms with Crippen molar-refractivity contribution < 1.29 is 19.1 Å². The van der Waals surface area contributed by atoms with Gasteiger partial charge < -0.3 is 9.72 Å². The number of ether oxygens (including phenoxy) is 1. The molecule has 1 aliphatic rings. The molecule has 1 saturated heterocycles. The van der Waals surface area contributed by atoms with Gasteiger partial charge in [-0.1, -0.05) is 11.8 Å². The van der Waals surface area contributed by atoms with Crippen LogP contribution in [0.1, 0.15) is 28.9 Å². The molecule has 0 radical (unpaired) electrons. The average Bonchev–Trinajstić information content (AvgIpc) is 2.55. The first-order chi connectivity index (χ1) is 11.9. The SMILES string of the molecule is COC(=O)c1cc(C)nc2nc(SC3CCC(=O)NC3=O)[nH]c(=O)c12. The summed E-state index contributed by atoms with van der Waals surface area (Å²) in [4.78, 5) is 58.3. The Morgan fingerprint density at radius 1 is 1.32 bits per heavy atom. The molecule has 1 atom stereocenters. The molecule has 2 N–H and O–H groups in total. The van der Waals surface area contributed by atoms with Gasteiger partial charge >= 0.3 is 5.97 Å². The van der Waals surface area contributed by atoms with Crippen LogP contribution in [0.4, 0.5) is 0 Å². The molecule has 10 heteroatoms. The monoisotopic (exact) mass is 362 g/mol. The zero-order chi connectivity index (χ0) is 18.1. The average molecular weight is 362 g/mol. The third-order valence-electron chi connectivity index (χ3n) is 3.63. The van der Waals surface area contributed by atoms with E-state index in [9.17, 15) is 19.2 Å². The Kier molecular flexibility index (Phi) is 4.53. The lowest BCUT2D eigenvalue weighted by atomic mass is 10.1. The number of esters is 1. The highest BCUT2D eigenvalue weighted by atomic mass is 32.2. The third kappa shape index (κ3) is 3.38. The van der Waals surface area contributed by atoms with Gasteiger partial charge in [0.1, 0.15) is 0 Å². The molecule has 130 valence electrons. The normalized spacial score (nSPS) is 17.4. The summed E-state index contributed by atoms with van der Waals surface area (Å²) in [6, 6.07) is 1.46. The highest BCUT2D eigenvalue weighted by Crippen LogP contribution is 2.26. The number of pyridine rings is 1. The van der Waals surface area contributed by atoms with E-state index in [0.717, 1.165) is 11.8 Å². The highest BCUT2D eigenvalue weighted by molar-refractivity contribution is 8.00. The van der Waals surface area contributed by atoms with Crippen LogP contribution in [0.3, 0.4) is 0 Å². The van der Waals surface area contributed by atoms with Crippen molar-refractivity contribution in [3.63, 3.8) is 0 Å². The van der Waals surface area contributed by atoms with Gasteiger partial charge in [-0.25, -0.2) is 14.8 Å². The number of carbonyl (C=O) groups excluding carboxylic acids is 3. The number of aryl methyl sites for hydroxylation is 1. The van der Waals surface area contributed by atoms with Gasteiger partial charge in [0.05, 0.1) is 23.3 Å². The summed E-state index contributed by atoms with van der Waals surface area (Å²) < 4.78 is 4.69. The molecule has 2 amide bonds. The van der Waals surface area contributed by atoms with Crippen LogP contribution in [-0.4, -0.2) is 45.1 Å². The first-order valence-corrected chi connectivity index (χ1v) is 8.27. The smallest absolute Gasteiger partial charge is 0.338 e. The highest BCUT2D eigenvalue weighted by Gasteiger charge is 2.28. The van der Waals surface area contributed by atoms with Crippen molar-refractivity contribution in [1.82, 2.24) is 20.3 Å². The van der Waals surface area contributed by atoms with Crippen molar-refractivity contribution in [2.45, 2.75) is 30.2 Å². The molecule has 1 unspecified atom stereocenters. The van der Waals surface area contributed by atoms with Gasteiger partial charge in [-0.3, -0.25) is 19.7 Å². The van der Waals surface area contributed by atoms with E-state index >= 15 is 0 Å². The summed E-state index contributed by atoms with van der Waals surface area (Å²) in [5, 5.41) is 1.94. The fraction of sp³-hybridized carbons (Fsp3) is 0.333. The van der Waals surface area contributed by atoms with Crippen molar-refractivity contribution in [3.8, 4) is 0 Å². The van der Waals surface area contributed by atoms with Crippen LogP contribution < -0.4 is 10.9 Å². The van der Waals surface area contributed by atoms with Crippen LogP contribution in [-0.2, 0) is 14.3 Å². The minimum atomic E-state index is -0.659. The third-order valence-corrected chi connectivity index (χ3v) is 4.78. The van der Waals surface area contributed by atoms with Gasteiger partial charge in [-0.15, -0.1) is 0 Å². The second-order valence-electron chi connectivity index (χ2n) is 5.43. The van der Waals surface area contributed by atoms with Crippen LogP contribution in [0, 0.1) is 6.92 Å². The van der Waals surface area contributed by atoms with Gasteiger partial charge in [0.2, 0.25) is 11.8 Å². The summed E-state index contributed by atoms with van der Waals surface area (Å²) in [6.07, 6.45) is 0.580. The first-order valence-electron chi connectivity index (χ1n) is 7.39. The second kappa shape index (κ2) is 6.63. The molecular weight excluding hydrogens is 348 g/mol. The number of amides is 2. The zero-order valence-electron chi connectivity index (χ0n) is 13.4. The summed E-state index contributed by atoms with van der Waals surface area (Å²) in [5.74, 6) is -1.40. The van der Waals surface area contributed by atoms with Crippen LogP contribution in [0.15, 0.2) is 16.0 Å². The maximum Gasteiger partial charge on any atom is 0.338 e. The first kappa shape index (κ1) is 17.1. The Labute approximate surface area is 145 Å². The van der Waals surface area contributed by atoms with E-state index in [-0.39, 0.29) is 34.1 Å². The van der Waals surface area contributed by atoms with E-state index in [0.29, 0.717) is 12.1 Å². The number of methoxy groups -OCH3 is 1. The van der Waals surface area contributed by atoms with Gasteiger partial charge in [0.25, 0.3) is 5.56 Å². The number of fused-ring (bicyclic) bond motifs is 1. The Bertz CT molecular complexity index is 955. The van der Waals surface area contributed by atoms with Gasteiger partial charge in [0, 0.05) is 12.1 Å². The van der Waals surface area contributed by atoms with Crippen molar-refractivity contribution in [3.05, 3.63) is 27.7 Å². The van der Waals surface area contributed by atoms with Crippen molar-refractivity contribution in [2.75, 3.05) is 7.11 Å². The van der Waals surface area contributed by atoms with Gasteiger partial charge in [0.15, 0.2) is 10.8 Å². The number of H-pyrrole nitrogens is 1. The molecule has 25 heavy (non-hydrogen) atoms. The number of aromatic amines is 1. The number of rotatable bonds is 3. The Balaban J connectivity index is 2.02. The molecule has 1 aliphatic heterocycles. The molecule has 0 saturated carbocycles. The predicted octanol–water partition coefficient (Wildman–Crippen LogP) is 0.310. The Hall–Kier alpha value is -2.75. The van der Waals surface area contributed by atoms with Crippen LogP contribution in [0.25, 0.3) is 11.0 Å². The van der Waals surface area contributed by atoms with Crippen molar-refractivity contribution >= 4 is 40.6 Å². The molecular formula is C15H14N4O5S. The number of thioether (sulfide) groups is 1. The summed E-state index contributed by atoms with van der Waals surface area (Å²) >= 11 is 1.04. The van der Waals surface area contributed by atoms with Crippen molar-refractivity contribution in [1.29, 1.82) is 0 Å². The summed E-state index contributed by atoms with van der Waals surface area (Å²) in [6.45, 7) is 1.67. The number of aromatic nitrogens is 3. The number of piperidine rings is 1. The number of hydrogen-bond acceptors (Lipinski definition) is 8. The fourth-order valence-electron chi connectivity index (χ4n) is 2.49. The Morgan fingerprint density at radius 3 is 2.76 bits per heavy atom. The van der Waals surface area contributed by atoms with E-state index in [1.54, 1.807) is 6.92 Å². The lowest BCUT2D eigenvalue weighted by molar-refractivity contribution is -0.132. The van der Waals surface area contributed by atoms with E-state index in [1.807, 2.05) is 0 Å². The quantitative estimate of drug-likeness (QED) is 0.453. The molecule has 0 bridgehead atoms. The number of imide groups is 1. The lowest BCUT2D eigenvalue weighted by Gasteiger charge is -2.19. The van der Waals surface area contributed by atoms with Crippen LogP contribution in [0.2, 0.25) is 0 Å². The van der Waals surface area contributed by atoms with Gasteiger partial charge in [-0.2, -0.15) is 0 Å². The Morgan fingerprint density at radius 2 is 2.08 bits per heavy atom. The summed E-state index contributed by atoms with van der Waals surface area (Å²) in [5.41, 5.74) is 0.130. The van der Waals surface area contributed by atoms with Crippen LogP contribution in [0.5, 0.6) is 0 Å². The van der Waals surface area contributed by atoms with E-state index in [4.69, 9.17) is 4.74 Å². The molecule has 0 aromatic carbocycles. The minimum Gasteiger partial charge on any atom is -0.465 e. The molecule has 2 aromatic heterocycles. The predicted molar refractivity (Wildman–Crippen MR) is 88.3 cm³/mol. The number of nitrogens with zero attached hydrogens (tertiary/aromatic N) is 2. The molecule has 3 heterocycles. The van der Waals surface area contributed by atoms with Crippen LogP contribution >= 0.6 is 11.8 Å². The standard InChI is InChI=1S/C15H14N4O5S/c1-6-5-7(14(23)24-2)10-11(16-6)18-15(19-13(10)22)25-8-3-4-9(20)17-12(8)21/h5,8H,3-4H2,1-2H3,(H,17,20,21)(H,16,18,19,22). The minimum absolute atomic E-state index is 0.0325. The maximum atomic E-state index is 12.4. The van der Waals surface area contributed by atoms with Crippen molar-refractivity contribution in [2.24, 2.45) is 0 Å². The molecule has 9 nitrogen and oxygen atoms in total. The van der Waals surface area contributed by atoms with E-state index < -0.39 is 22.7 Å². The number of carbonyl (C=O) groups is 3. The fourth-order valence-corrected chi connectivity index (χ4v) is 3.45. The zero-order valence-corrected chi connectivity index (χ0v) is 14.2. The van der Waals surface area contributed by atoms with E-state index in [1.165, 1.54) is 13.2 Å². The number of nitrogens with one attached hydrogen (secondary N) is 2.